The molecule has 0 radical (unpaired) electrons. The predicted octanol–water partition coefficient (Wildman–Crippen LogP) is 2.40. The Morgan fingerprint density at radius 1 is 0.974 bits per heavy atom. The molecule has 2 aromatic carbocycles. The summed E-state index contributed by atoms with van der Waals surface area (Å²) in [6.07, 6.45) is 4.45. The zero-order valence-electron chi connectivity index (χ0n) is 21.9. The largest absolute Gasteiger partial charge is 0.479 e. The summed E-state index contributed by atoms with van der Waals surface area (Å²) in [5, 5.41) is 44.4. The van der Waals surface area contributed by atoms with Gasteiger partial charge in [-0.05, 0) is 50.8 Å². The number of benzene rings is 2. The Morgan fingerprint density at radius 2 is 1.45 bits per heavy atom. The van der Waals surface area contributed by atoms with Crippen LogP contribution in [0.15, 0.2) is 48.5 Å². The van der Waals surface area contributed by atoms with E-state index < -0.39 is 23.1 Å². The summed E-state index contributed by atoms with van der Waals surface area (Å²) in [7, 11) is 0. The molecule has 1 heterocycles. The minimum absolute atomic E-state index is 0.230. The highest BCUT2D eigenvalue weighted by Crippen LogP contribution is 2.41. The number of H-pyrrole nitrogens is 1. The number of nitrogens with one attached hydrogen (secondary N) is 2. The van der Waals surface area contributed by atoms with Gasteiger partial charge in [-0.25, -0.2) is 14.6 Å². The first-order valence-corrected chi connectivity index (χ1v) is 12.6. The Morgan fingerprint density at radius 3 is 1.87 bits per heavy atom. The number of hydrogen-bond acceptors (Lipinski definition) is 7. The van der Waals surface area contributed by atoms with E-state index in [0.717, 1.165) is 36.2 Å². The molecule has 1 aliphatic rings. The van der Waals surface area contributed by atoms with Gasteiger partial charge >= 0.3 is 11.9 Å². The Balaban J connectivity index is 0.000000241. The van der Waals surface area contributed by atoms with Crippen molar-refractivity contribution in [2.45, 2.75) is 63.7 Å². The van der Waals surface area contributed by atoms with Crippen LogP contribution in [-0.2, 0) is 33.6 Å². The van der Waals surface area contributed by atoms with Gasteiger partial charge in [0, 0.05) is 18.2 Å². The van der Waals surface area contributed by atoms with Gasteiger partial charge in [0.05, 0.1) is 5.69 Å². The first-order chi connectivity index (χ1) is 17.9. The third-order valence-electron chi connectivity index (χ3n) is 6.83. The van der Waals surface area contributed by atoms with Crippen molar-refractivity contribution in [1.29, 1.82) is 0 Å². The second-order valence-corrected chi connectivity index (χ2v) is 9.70. The lowest BCUT2D eigenvalue weighted by atomic mass is 9.73. The highest BCUT2D eigenvalue weighted by Gasteiger charge is 2.63. The molecule has 0 unspecified atom stereocenters. The van der Waals surface area contributed by atoms with Crippen LogP contribution in [0.5, 0.6) is 0 Å². The Hall–Kier alpha value is -3.73. The van der Waals surface area contributed by atoms with Crippen LogP contribution >= 0.6 is 0 Å². The van der Waals surface area contributed by atoms with Gasteiger partial charge in [0.15, 0.2) is 5.95 Å². The maximum Gasteiger partial charge on any atom is 0.344 e. The van der Waals surface area contributed by atoms with Crippen LogP contribution in [0.25, 0.3) is 0 Å². The van der Waals surface area contributed by atoms with Crippen LogP contribution in [0.3, 0.4) is 0 Å². The number of carbonyl (C=O) groups is 2. The van der Waals surface area contributed by atoms with Crippen LogP contribution in [-0.4, -0.2) is 54.9 Å². The fourth-order valence-electron chi connectivity index (χ4n) is 4.59. The highest BCUT2D eigenvalue weighted by atomic mass is 16.5. The van der Waals surface area contributed by atoms with Gasteiger partial charge in [0.1, 0.15) is 0 Å². The molecule has 0 saturated heterocycles. The maximum atomic E-state index is 11.8. The van der Waals surface area contributed by atoms with E-state index in [2.05, 4.69) is 22.2 Å². The summed E-state index contributed by atoms with van der Waals surface area (Å²) in [5.74, 6) is -3.17. The molecule has 1 aliphatic carbocycles. The lowest BCUT2D eigenvalue weighted by molar-refractivity contribution is -0.213. The predicted molar refractivity (Wildman–Crippen MR) is 143 cm³/mol. The summed E-state index contributed by atoms with van der Waals surface area (Å²) in [6.45, 7) is 6.80. The average Bonchev–Trinajstić information content (AvgIpc) is 3.26. The van der Waals surface area contributed by atoms with Crippen LogP contribution in [0.2, 0.25) is 0 Å². The van der Waals surface area contributed by atoms with Crippen molar-refractivity contribution in [3.8, 4) is 0 Å². The number of carboxylic acids is 2. The number of aromatic amines is 1. The number of carboxylic acid groups (broad SMARTS) is 2. The van der Waals surface area contributed by atoms with E-state index in [1.165, 1.54) is 67.1 Å². The molecule has 1 aromatic heterocycles. The number of rotatable bonds is 8. The minimum Gasteiger partial charge on any atom is -0.479 e. The van der Waals surface area contributed by atoms with Gasteiger partial charge in [0.25, 0.3) is 0 Å². The molecule has 4 rings (SSSR count). The lowest BCUT2D eigenvalue weighted by Gasteiger charge is -2.37. The number of anilines is 1. The minimum atomic E-state index is -3.07. The Kier molecular flexibility index (Phi) is 8.93. The van der Waals surface area contributed by atoms with Crippen LogP contribution in [0, 0.1) is 13.8 Å². The summed E-state index contributed by atoms with van der Waals surface area (Å²) in [6, 6.07) is 11.8. The van der Waals surface area contributed by atoms with Crippen molar-refractivity contribution in [2.24, 2.45) is 0 Å². The first kappa shape index (κ1) is 28.8. The molecule has 0 aliphatic heterocycles. The van der Waals surface area contributed by atoms with Gasteiger partial charge < -0.3 is 36.5 Å². The van der Waals surface area contributed by atoms with Gasteiger partial charge in [-0.15, -0.1) is 0 Å². The molecule has 8 N–H and O–H groups in total. The topological polar surface area (TPSA) is 182 Å². The molecule has 10 nitrogen and oxygen atoms in total. The fourth-order valence-corrected chi connectivity index (χ4v) is 4.59. The molecule has 38 heavy (non-hydrogen) atoms. The van der Waals surface area contributed by atoms with Crippen LogP contribution in [0.1, 0.15) is 53.4 Å². The number of aryl methyl sites for hydroxylation is 3. The van der Waals surface area contributed by atoms with E-state index in [0.29, 0.717) is 12.0 Å². The van der Waals surface area contributed by atoms with Crippen LogP contribution < -0.4 is 11.1 Å². The SMILES string of the molecule is CCCN[C@H]1CCc2nc(N)[nH]c2C1.Cc1ccc([C@@](O)(C(=O)O)[C@](O)(C(=O)O)c2ccc(C)cc2)cc1. The maximum absolute atomic E-state index is 11.8. The molecule has 0 saturated carbocycles. The molecule has 0 fully saturated rings. The monoisotopic (exact) mass is 524 g/mol. The van der Waals surface area contributed by atoms with E-state index >= 15 is 0 Å². The molecule has 0 amide bonds. The number of hydrogen-bond donors (Lipinski definition) is 7. The summed E-state index contributed by atoms with van der Waals surface area (Å²) in [4.78, 5) is 31.0. The second-order valence-electron chi connectivity index (χ2n) is 9.70. The molecular weight excluding hydrogens is 488 g/mol. The number of fused-ring (bicyclic) bond motifs is 1. The highest BCUT2D eigenvalue weighted by molar-refractivity contribution is 5.92. The first-order valence-electron chi connectivity index (χ1n) is 12.6. The molecule has 0 bridgehead atoms. The van der Waals surface area contributed by atoms with E-state index in [9.17, 15) is 30.0 Å². The smallest absolute Gasteiger partial charge is 0.344 e. The van der Waals surface area contributed by atoms with E-state index in [1.54, 1.807) is 13.8 Å². The Labute approximate surface area is 221 Å². The number of aliphatic hydroxyl groups is 2. The van der Waals surface area contributed by atoms with Crippen molar-refractivity contribution >= 4 is 17.9 Å². The van der Waals surface area contributed by atoms with Gasteiger partial charge in [0.2, 0.25) is 11.2 Å². The Bertz CT molecular complexity index is 1190. The molecule has 0 spiro atoms. The molecular formula is C28H36N4O6. The number of aliphatic carboxylic acids is 2. The molecule has 10 heteroatoms. The quantitative estimate of drug-likeness (QED) is 0.233. The van der Waals surface area contributed by atoms with Gasteiger partial charge in [-0.3, -0.25) is 0 Å². The van der Waals surface area contributed by atoms with E-state index in [4.69, 9.17) is 5.73 Å². The van der Waals surface area contributed by atoms with Crippen molar-refractivity contribution in [3.05, 3.63) is 82.2 Å². The van der Waals surface area contributed by atoms with Gasteiger partial charge in [-0.1, -0.05) is 66.6 Å². The zero-order chi connectivity index (χ0) is 28.1. The standard InChI is InChI=1S/C18H18O6.C10H18N4/c1-11-3-7-13(8-4-11)17(23,15(19)20)18(24,16(21)22)14-9-5-12(2)6-10-14;1-2-5-12-7-3-4-8-9(6-7)14-10(11)13-8/h3-10,23-24H,1-2H3,(H,19,20)(H,21,22);7,12H,2-6H2,1H3,(H3,11,13,14)/t17-,18-;7-/m10/s1. The molecule has 204 valence electrons. The van der Waals surface area contributed by atoms with Crippen molar-refractivity contribution in [2.75, 3.05) is 12.3 Å². The van der Waals surface area contributed by atoms with Crippen molar-refractivity contribution < 1.29 is 30.0 Å². The fraction of sp³-hybridized carbons (Fsp3) is 0.393. The number of aromatic nitrogens is 2. The normalized spacial score (nSPS) is 17.8. The van der Waals surface area contributed by atoms with Crippen molar-refractivity contribution in [1.82, 2.24) is 15.3 Å². The number of imidazole rings is 1. The van der Waals surface area contributed by atoms with E-state index in [-0.39, 0.29) is 11.1 Å². The average molecular weight is 525 g/mol. The van der Waals surface area contributed by atoms with Crippen molar-refractivity contribution in [3.63, 3.8) is 0 Å². The second kappa shape index (κ2) is 11.8. The number of nitrogen functional groups attached to an aromatic ring is 1. The number of nitrogens with two attached hydrogens (primary N) is 1. The zero-order valence-corrected chi connectivity index (χ0v) is 21.9. The third-order valence-corrected chi connectivity index (χ3v) is 6.83. The molecule has 3 aromatic rings. The van der Waals surface area contributed by atoms with Gasteiger partial charge in [-0.2, -0.15) is 0 Å². The van der Waals surface area contributed by atoms with Crippen LogP contribution in [0.4, 0.5) is 5.95 Å². The molecule has 3 atom stereocenters. The summed E-state index contributed by atoms with van der Waals surface area (Å²) in [5.41, 5.74) is 2.99. The summed E-state index contributed by atoms with van der Waals surface area (Å²) >= 11 is 0. The number of nitrogens with zero attached hydrogens (tertiary/aromatic N) is 1. The third kappa shape index (κ3) is 5.72. The van der Waals surface area contributed by atoms with E-state index in [1.807, 2.05) is 0 Å². The lowest BCUT2D eigenvalue weighted by Crippen LogP contribution is -2.59. The summed E-state index contributed by atoms with van der Waals surface area (Å²) < 4.78 is 0.